The SMILES string of the molecule is NC(=O)COc1ccc2cccnc2c1. The van der Waals surface area contributed by atoms with E-state index in [1.165, 1.54) is 0 Å². The zero-order valence-electron chi connectivity index (χ0n) is 8.01. The Morgan fingerprint density at radius 1 is 1.40 bits per heavy atom. The molecule has 0 unspecified atom stereocenters. The highest BCUT2D eigenvalue weighted by Gasteiger charge is 1.99. The number of rotatable bonds is 3. The van der Waals surface area contributed by atoms with E-state index >= 15 is 0 Å². The number of ether oxygens (including phenoxy) is 1. The van der Waals surface area contributed by atoms with Crippen LogP contribution in [0.2, 0.25) is 0 Å². The van der Waals surface area contributed by atoms with Crippen molar-refractivity contribution in [2.75, 3.05) is 6.61 Å². The molecule has 0 saturated heterocycles. The maximum absolute atomic E-state index is 10.5. The predicted octanol–water partition coefficient (Wildman–Crippen LogP) is 1.10. The zero-order valence-corrected chi connectivity index (χ0v) is 8.01. The Morgan fingerprint density at radius 3 is 3.07 bits per heavy atom. The number of fused-ring (bicyclic) bond motifs is 1. The van der Waals surface area contributed by atoms with Crippen LogP contribution in [0.5, 0.6) is 5.75 Å². The Hall–Kier alpha value is -2.10. The topological polar surface area (TPSA) is 65.2 Å². The molecule has 0 spiro atoms. The molecule has 76 valence electrons. The van der Waals surface area contributed by atoms with Gasteiger partial charge in [0, 0.05) is 17.6 Å². The molecule has 0 fully saturated rings. The molecule has 1 aromatic carbocycles. The molecule has 0 saturated carbocycles. The minimum absolute atomic E-state index is 0.113. The molecule has 1 amide bonds. The molecule has 1 aromatic heterocycles. The van der Waals surface area contributed by atoms with Gasteiger partial charge in [0.25, 0.3) is 5.91 Å². The number of primary amides is 1. The second kappa shape index (κ2) is 3.96. The summed E-state index contributed by atoms with van der Waals surface area (Å²) >= 11 is 0. The monoisotopic (exact) mass is 202 g/mol. The van der Waals surface area contributed by atoms with E-state index in [4.69, 9.17) is 10.5 Å². The Balaban J connectivity index is 2.26. The van der Waals surface area contributed by atoms with Crippen LogP contribution in [-0.4, -0.2) is 17.5 Å². The Bertz CT molecular complexity index is 497. The fourth-order valence-corrected chi connectivity index (χ4v) is 1.29. The molecular weight excluding hydrogens is 192 g/mol. The molecule has 1 heterocycles. The number of aromatic nitrogens is 1. The van der Waals surface area contributed by atoms with Crippen molar-refractivity contribution in [2.24, 2.45) is 5.73 Å². The molecule has 0 radical (unpaired) electrons. The van der Waals surface area contributed by atoms with E-state index in [0.717, 1.165) is 10.9 Å². The zero-order chi connectivity index (χ0) is 10.7. The first-order valence-corrected chi connectivity index (χ1v) is 4.51. The van der Waals surface area contributed by atoms with Crippen LogP contribution in [0, 0.1) is 0 Å². The molecule has 0 atom stereocenters. The fourth-order valence-electron chi connectivity index (χ4n) is 1.29. The van der Waals surface area contributed by atoms with Gasteiger partial charge in [-0.25, -0.2) is 0 Å². The van der Waals surface area contributed by atoms with Crippen LogP contribution in [0.15, 0.2) is 36.5 Å². The van der Waals surface area contributed by atoms with Gasteiger partial charge in [-0.15, -0.1) is 0 Å². The average Bonchev–Trinajstić information content (AvgIpc) is 2.26. The van der Waals surface area contributed by atoms with Crippen LogP contribution >= 0.6 is 0 Å². The van der Waals surface area contributed by atoms with Crippen LogP contribution in [-0.2, 0) is 4.79 Å². The summed E-state index contributed by atoms with van der Waals surface area (Å²) in [5.74, 6) is 0.108. The Labute approximate surface area is 86.7 Å². The van der Waals surface area contributed by atoms with Crippen molar-refractivity contribution in [3.05, 3.63) is 36.5 Å². The minimum Gasteiger partial charge on any atom is -0.484 e. The van der Waals surface area contributed by atoms with E-state index in [1.807, 2.05) is 18.2 Å². The molecular formula is C11H10N2O2. The van der Waals surface area contributed by atoms with E-state index < -0.39 is 5.91 Å². The third-order valence-corrected chi connectivity index (χ3v) is 1.96. The summed E-state index contributed by atoms with van der Waals surface area (Å²) in [5.41, 5.74) is 5.81. The van der Waals surface area contributed by atoms with Crippen molar-refractivity contribution in [1.82, 2.24) is 4.98 Å². The van der Waals surface area contributed by atoms with Crippen LogP contribution in [0.1, 0.15) is 0 Å². The molecule has 2 N–H and O–H groups in total. The predicted molar refractivity (Wildman–Crippen MR) is 56.4 cm³/mol. The number of hydrogen-bond acceptors (Lipinski definition) is 3. The summed E-state index contributed by atoms with van der Waals surface area (Å²) in [4.78, 5) is 14.7. The summed E-state index contributed by atoms with van der Waals surface area (Å²) in [6, 6.07) is 9.27. The lowest BCUT2D eigenvalue weighted by Gasteiger charge is -2.04. The van der Waals surface area contributed by atoms with Crippen molar-refractivity contribution >= 4 is 16.8 Å². The Kier molecular flexibility index (Phi) is 2.49. The fraction of sp³-hybridized carbons (Fsp3) is 0.0909. The van der Waals surface area contributed by atoms with Crippen LogP contribution in [0.3, 0.4) is 0 Å². The molecule has 2 aromatic rings. The van der Waals surface area contributed by atoms with Gasteiger partial charge in [-0.05, 0) is 18.2 Å². The second-order valence-electron chi connectivity index (χ2n) is 3.11. The third kappa shape index (κ3) is 2.22. The van der Waals surface area contributed by atoms with Gasteiger partial charge >= 0.3 is 0 Å². The van der Waals surface area contributed by atoms with Gasteiger partial charge in [0.1, 0.15) is 5.75 Å². The first-order chi connectivity index (χ1) is 7.25. The number of hydrogen-bond donors (Lipinski definition) is 1. The highest BCUT2D eigenvalue weighted by Crippen LogP contribution is 2.18. The number of nitrogens with zero attached hydrogens (tertiary/aromatic N) is 1. The normalized spacial score (nSPS) is 10.1. The lowest BCUT2D eigenvalue weighted by molar-refractivity contribution is -0.119. The number of benzene rings is 1. The van der Waals surface area contributed by atoms with Crippen LogP contribution in [0.25, 0.3) is 10.9 Å². The van der Waals surface area contributed by atoms with Crippen molar-refractivity contribution < 1.29 is 9.53 Å². The number of carbonyl (C=O) groups is 1. The number of pyridine rings is 1. The molecule has 4 heteroatoms. The van der Waals surface area contributed by atoms with Crippen molar-refractivity contribution in [1.29, 1.82) is 0 Å². The number of amides is 1. The van der Waals surface area contributed by atoms with Gasteiger partial charge < -0.3 is 10.5 Å². The second-order valence-corrected chi connectivity index (χ2v) is 3.11. The van der Waals surface area contributed by atoms with E-state index in [-0.39, 0.29) is 6.61 Å². The van der Waals surface area contributed by atoms with Gasteiger partial charge in [-0.2, -0.15) is 0 Å². The minimum atomic E-state index is -0.490. The molecule has 15 heavy (non-hydrogen) atoms. The molecule has 0 aliphatic heterocycles. The van der Waals surface area contributed by atoms with E-state index in [1.54, 1.807) is 18.3 Å². The first kappa shape index (κ1) is 9.45. The van der Waals surface area contributed by atoms with E-state index in [9.17, 15) is 4.79 Å². The summed E-state index contributed by atoms with van der Waals surface area (Å²) in [7, 11) is 0. The molecule has 4 nitrogen and oxygen atoms in total. The van der Waals surface area contributed by atoms with Gasteiger partial charge in [0.05, 0.1) is 5.52 Å². The van der Waals surface area contributed by atoms with Gasteiger partial charge in [-0.1, -0.05) is 6.07 Å². The van der Waals surface area contributed by atoms with Gasteiger partial charge in [0.2, 0.25) is 0 Å². The lowest BCUT2D eigenvalue weighted by atomic mass is 10.2. The summed E-state index contributed by atoms with van der Waals surface area (Å²) < 4.78 is 5.16. The molecule has 0 aliphatic rings. The molecule has 0 aliphatic carbocycles. The number of nitrogens with two attached hydrogens (primary N) is 1. The number of carbonyl (C=O) groups excluding carboxylic acids is 1. The largest absolute Gasteiger partial charge is 0.484 e. The lowest BCUT2D eigenvalue weighted by Crippen LogP contribution is -2.19. The average molecular weight is 202 g/mol. The maximum Gasteiger partial charge on any atom is 0.255 e. The van der Waals surface area contributed by atoms with Crippen LogP contribution < -0.4 is 10.5 Å². The third-order valence-electron chi connectivity index (χ3n) is 1.96. The summed E-state index contributed by atoms with van der Waals surface area (Å²) in [5, 5.41) is 1.03. The van der Waals surface area contributed by atoms with Crippen molar-refractivity contribution in [3.8, 4) is 5.75 Å². The highest BCUT2D eigenvalue weighted by atomic mass is 16.5. The van der Waals surface area contributed by atoms with Crippen molar-refractivity contribution in [2.45, 2.75) is 0 Å². The maximum atomic E-state index is 10.5. The Morgan fingerprint density at radius 2 is 2.27 bits per heavy atom. The quantitative estimate of drug-likeness (QED) is 0.810. The molecule has 0 bridgehead atoms. The standard InChI is InChI=1S/C11H10N2O2/c12-11(14)7-15-9-4-3-8-2-1-5-13-10(8)6-9/h1-6H,7H2,(H2,12,14). The van der Waals surface area contributed by atoms with Crippen molar-refractivity contribution in [3.63, 3.8) is 0 Å². The molecule has 2 rings (SSSR count). The first-order valence-electron chi connectivity index (χ1n) is 4.51. The summed E-state index contributed by atoms with van der Waals surface area (Å²) in [6.07, 6.45) is 1.71. The van der Waals surface area contributed by atoms with E-state index in [0.29, 0.717) is 5.75 Å². The van der Waals surface area contributed by atoms with Gasteiger partial charge in [0.15, 0.2) is 6.61 Å². The summed E-state index contributed by atoms with van der Waals surface area (Å²) in [6.45, 7) is -0.113. The van der Waals surface area contributed by atoms with Crippen LogP contribution in [0.4, 0.5) is 0 Å². The highest BCUT2D eigenvalue weighted by molar-refractivity contribution is 5.80. The smallest absolute Gasteiger partial charge is 0.255 e. The van der Waals surface area contributed by atoms with Gasteiger partial charge in [-0.3, -0.25) is 9.78 Å². The van der Waals surface area contributed by atoms with E-state index in [2.05, 4.69) is 4.98 Å².